The van der Waals surface area contributed by atoms with Crippen LogP contribution in [-0.4, -0.2) is 20.4 Å². The lowest BCUT2D eigenvalue weighted by molar-refractivity contribution is -0.122. The minimum atomic E-state index is -3.81. The fraction of sp³-hybridized carbons (Fsp3) is 0.208. The van der Waals surface area contributed by atoms with E-state index in [1.807, 2.05) is 38.1 Å². The van der Waals surface area contributed by atoms with Crippen molar-refractivity contribution in [2.45, 2.75) is 38.2 Å². The molecule has 0 fully saturated rings. The SMILES string of the molecule is CC[C@H](Oc1ccccc1C)C(=O)Nc1ccc(S(=O)(=O)Nc2cc(Cl)ccc2C)cc1. The molecule has 1 amide bonds. The van der Waals surface area contributed by atoms with Crippen molar-refractivity contribution in [2.24, 2.45) is 0 Å². The molecule has 0 aliphatic heterocycles. The highest BCUT2D eigenvalue weighted by Crippen LogP contribution is 2.24. The van der Waals surface area contributed by atoms with Gasteiger partial charge in [-0.25, -0.2) is 8.42 Å². The van der Waals surface area contributed by atoms with E-state index >= 15 is 0 Å². The summed E-state index contributed by atoms with van der Waals surface area (Å²) in [4.78, 5) is 12.7. The molecule has 0 bridgehead atoms. The molecule has 0 aliphatic rings. The molecule has 168 valence electrons. The minimum Gasteiger partial charge on any atom is -0.480 e. The van der Waals surface area contributed by atoms with E-state index in [0.29, 0.717) is 28.6 Å². The number of halogens is 1. The Morgan fingerprint density at radius 2 is 1.69 bits per heavy atom. The highest BCUT2D eigenvalue weighted by atomic mass is 35.5. The van der Waals surface area contributed by atoms with Gasteiger partial charge >= 0.3 is 0 Å². The van der Waals surface area contributed by atoms with Gasteiger partial charge in [-0.15, -0.1) is 0 Å². The van der Waals surface area contributed by atoms with Gasteiger partial charge in [0.05, 0.1) is 10.6 Å². The van der Waals surface area contributed by atoms with Crippen LogP contribution in [0.15, 0.2) is 71.6 Å². The molecule has 0 saturated carbocycles. The Morgan fingerprint density at radius 3 is 2.34 bits per heavy atom. The van der Waals surface area contributed by atoms with Crippen molar-refractivity contribution in [3.63, 3.8) is 0 Å². The Kier molecular flexibility index (Phi) is 7.43. The summed E-state index contributed by atoms with van der Waals surface area (Å²) in [6, 6.07) is 18.4. The summed E-state index contributed by atoms with van der Waals surface area (Å²) in [7, 11) is -3.81. The van der Waals surface area contributed by atoms with Crippen LogP contribution in [0.1, 0.15) is 24.5 Å². The molecule has 6 nitrogen and oxygen atoms in total. The van der Waals surface area contributed by atoms with E-state index in [9.17, 15) is 13.2 Å². The molecule has 0 aliphatic carbocycles. The number of carbonyl (C=O) groups is 1. The molecule has 3 aromatic carbocycles. The van der Waals surface area contributed by atoms with Gasteiger partial charge in [-0.1, -0.05) is 42.8 Å². The summed E-state index contributed by atoms with van der Waals surface area (Å²) in [6.45, 7) is 5.57. The Bertz CT molecular complexity index is 1210. The van der Waals surface area contributed by atoms with Gasteiger partial charge in [-0.2, -0.15) is 0 Å². The van der Waals surface area contributed by atoms with Crippen molar-refractivity contribution in [3.8, 4) is 5.75 Å². The molecule has 0 aromatic heterocycles. The van der Waals surface area contributed by atoms with Crippen LogP contribution in [0.5, 0.6) is 5.75 Å². The van der Waals surface area contributed by atoms with E-state index in [1.165, 1.54) is 24.3 Å². The van der Waals surface area contributed by atoms with Crippen molar-refractivity contribution in [3.05, 3.63) is 82.9 Å². The van der Waals surface area contributed by atoms with Gasteiger partial charge < -0.3 is 10.1 Å². The summed E-state index contributed by atoms with van der Waals surface area (Å²) in [5.74, 6) is 0.345. The molecule has 1 atom stereocenters. The Morgan fingerprint density at radius 1 is 1.00 bits per heavy atom. The zero-order valence-electron chi connectivity index (χ0n) is 18.1. The van der Waals surface area contributed by atoms with Gasteiger partial charge in [0.15, 0.2) is 6.10 Å². The third-order valence-corrected chi connectivity index (χ3v) is 6.52. The van der Waals surface area contributed by atoms with Crippen molar-refractivity contribution in [1.29, 1.82) is 0 Å². The molecule has 0 saturated heterocycles. The third kappa shape index (κ3) is 5.81. The zero-order chi connectivity index (χ0) is 23.3. The first-order valence-corrected chi connectivity index (χ1v) is 12.0. The second-order valence-electron chi connectivity index (χ2n) is 7.36. The fourth-order valence-electron chi connectivity index (χ4n) is 3.01. The smallest absolute Gasteiger partial charge is 0.265 e. The number of hydrogen-bond acceptors (Lipinski definition) is 4. The van der Waals surface area contributed by atoms with Crippen LogP contribution in [0.4, 0.5) is 11.4 Å². The Hall–Kier alpha value is -3.03. The van der Waals surface area contributed by atoms with Gasteiger partial charge in [0, 0.05) is 10.7 Å². The van der Waals surface area contributed by atoms with Gasteiger partial charge in [-0.3, -0.25) is 9.52 Å². The Balaban J connectivity index is 1.70. The van der Waals surface area contributed by atoms with E-state index in [-0.39, 0.29) is 10.8 Å². The Labute approximate surface area is 193 Å². The maximum atomic E-state index is 12.7. The maximum absolute atomic E-state index is 12.7. The molecule has 3 aromatic rings. The number of para-hydroxylation sites is 1. The summed E-state index contributed by atoms with van der Waals surface area (Å²) < 4.78 is 33.9. The lowest BCUT2D eigenvalue weighted by atomic mass is 10.2. The largest absolute Gasteiger partial charge is 0.480 e. The van der Waals surface area contributed by atoms with Gasteiger partial charge in [-0.05, 0) is 73.9 Å². The van der Waals surface area contributed by atoms with E-state index < -0.39 is 16.1 Å². The average molecular weight is 473 g/mol. The van der Waals surface area contributed by atoms with Crippen LogP contribution in [0.25, 0.3) is 0 Å². The predicted molar refractivity (Wildman–Crippen MR) is 128 cm³/mol. The molecule has 2 N–H and O–H groups in total. The molecule has 32 heavy (non-hydrogen) atoms. The van der Waals surface area contributed by atoms with Crippen molar-refractivity contribution < 1.29 is 17.9 Å². The summed E-state index contributed by atoms with van der Waals surface area (Å²) in [6.07, 6.45) is -0.192. The fourth-order valence-corrected chi connectivity index (χ4v) is 4.31. The monoisotopic (exact) mass is 472 g/mol. The van der Waals surface area contributed by atoms with Crippen molar-refractivity contribution in [1.82, 2.24) is 0 Å². The first kappa shape index (κ1) is 23.6. The molecular weight excluding hydrogens is 448 g/mol. The van der Waals surface area contributed by atoms with Gasteiger partial charge in [0.1, 0.15) is 5.75 Å². The number of anilines is 2. The standard InChI is InChI=1S/C24H25ClN2O4S/c1-4-22(31-23-8-6-5-7-17(23)3)24(28)26-19-11-13-20(14-12-19)32(29,30)27-21-15-18(25)10-9-16(21)2/h5-15,22,27H,4H2,1-3H3,(H,26,28)/t22-/m0/s1. The van der Waals surface area contributed by atoms with Gasteiger partial charge in [0.25, 0.3) is 15.9 Å². The van der Waals surface area contributed by atoms with Crippen LogP contribution in [-0.2, 0) is 14.8 Å². The molecule has 0 spiro atoms. The van der Waals surface area contributed by atoms with Crippen LogP contribution in [0, 0.1) is 13.8 Å². The first-order valence-electron chi connectivity index (χ1n) is 10.1. The molecule has 0 radical (unpaired) electrons. The number of rotatable bonds is 8. The van der Waals surface area contributed by atoms with Crippen molar-refractivity contribution >= 4 is 38.9 Å². The van der Waals surface area contributed by atoms with Crippen LogP contribution in [0.2, 0.25) is 5.02 Å². The topological polar surface area (TPSA) is 84.5 Å². The lowest BCUT2D eigenvalue weighted by Crippen LogP contribution is -2.32. The molecule has 0 heterocycles. The van der Waals surface area contributed by atoms with E-state index in [0.717, 1.165) is 11.1 Å². The summed E-state index contributed by atoms with van der Waals surface area (Å²) in [5.41, 5.74) is 2.57. The number of carbonyl (C=O) groups excluding carboxylic acids is 1. The summed E-state index contributed by atoms with van der Waals surface area (Å²) >= 11 is 5.97. The molecule has 3 rings (SSSR count). The van der Waals surface area contributed by atoms with E-state index in [4.69, 9.17) is 16.3 Å². The number of nitrogens with one attached hydrogen (secondary N) is 2. The maximum Gasteiger partial charge on any atom is 0.265 e. The highest BCUT2D eigenvalue weighted by molar-refractivity contribution is 7.92. The zero-order valence-corrected chi connectivity index (χ0v) is 19.6. The number of amides is 1. The first-order chi connectivity index (χ1) is 15.2. The van der Waals surface area contributed by atoms with Crippen molar-refractivity contribution in [2.75, 3.05) is 10.0 Å². The third-order valence-electron chi connectivity index (χ3n) is 4.90. The molecule has 0 unspecified atom stereocenters. The number of hydrogen-bond donors (Lipinski definition) is 2. The highest BCUT2D eigenvalue weighted by Gasteiger charge is 2.20. The number of benzene rings is 3. The normalized spacial score (nSPS) is 12.1. The predicted octanol–water partition coefficient (Wildman–Crippen LogP) is 5.55. The number of aryl methyl sites for hydroxylation is 2. The van der Waals surface area contributed by atoms with Crippen LogP contribution < -0.4 is 14.8 Å². The molecular formula is C24H25ClN2O4S. The van der Waals surface area contributed by atoms with E-state index in [1.54, 1.807) is 25.1 Å². The van der Waals surface area contributed by atoms with Gasteiger partial charge in [0.2, 0.25) is 0 Å². The van der Waals surface area contributed by atoms with Crippen LogP contribution in [0.3, 0.4) is 0 Å². The second kappa shape index (κ2) is 10.1. The van der Waals surface area contributed by atoms with E-state index in [2.05, 4.69) is 10.0 Å². The molecule has 8 heteroatoms. The lowest BCUT2D eigenvalue weighted by Gasteiger charge is -2.18. The quantitative estimate of drug-likeness (QED) is 0.450. The summed E-state index contributed by atoms with van der Waals surface area (Å²) in [5, 5.41) is 3.22. The number of ether oxygens (including phenoxy) is 1. The minimum absolute atomic E-state index is 0.0677. The number of sulfonamides is 1. The average Bonchev–Trinajstić information content (AvgIpc) is 2.76. The second-order valence-corrected chi connectivity index (χ2v) is 9.48. The van der Waals surface area contributed by atoms with Crippen LogP contribution >= 0.6 is 11.6 Å².